The topological polar surface area (TPSA) is 67.2 Å². The minimum absolute atomic E-state index is 0.0567. The maximum atomic E-state index is 12.7. The number of halogens is 1. The van der Waals surface area contributed by atoms with Crippen molar-refractivity contribution in [1.82, 2.24) is 0 Å². The molecule has 0 saturated carbocycles. The van der Waals surface area contributed by atoms with Gasteiger partial charge in [-0.15, -0.1) is 0 Å². The zero-order chi connectivity index (χ0) is 11.8. The Morgan fingerprint density at radius 3 is 2.25 bits per heavy atom. The van der Waals surface area contributed by atoms with Crippen molar-refractivity contribution in [3.63, 3.8) is 0 Å². The molecule has 0 N–H and O–H groups in total. The molecule has 0 radical (unpaired) electrons. The number of hydrogen-bond donors (Lipinski definition) is 0. The predicted octanol–water partition coefficient (Wildman–Crippen LogP) is 0.892. The number of nitriles is 1. The average Bonchev–Trinajstić information content (AvgIpc) is 2.17. The van der Waals surface area contributed by atoms with Crippen LogP contribution in [0, 0.1) is 17.1 Å². The van der Waals surface area contributed by atoms with E-state index in [0.29, 0.717) is 0 Å². The summed E-state index contributed by atoms with van der Waals surface area (Å²) < 4.78 is 40.0. The van der Waals surface area contributed by atoms with Gasteiger partial charge in [-0.25, -0.2) is 12.8 Å². The molecule has 1 aromatic carbocycles. The van der Waals surface area contributed by atoms with Crippen LogP contribution in [0.5, 0.6) is 0 Å². The first-order valence-electron chi connectivity index (χ1n) is 4.51. The van der Waals surface area contributed by atoms with Gasteiger partial charge in [-0.3, -0.25) is 0 Å². The molecule has 16 heavy (non-hydrogen) atoms. The van der Waals surface area contributed by atoms with Crippen LogP contribution in [0.2, 0.25) is 0 Å². The summed E-state index contributed by atoms with van der Waals surface area (Å²) in [6, 6.07) is 6.18. The molecule has 0 amide bonds. The van der Waals surface area contributed by atoms with Gasteiger partial charge in [0, 0.05) is 0 Å². The van der Waals surface area contributed by atoms with E-state index in [-0.39, 0.29) is 18.1 Å². The molecule has 0 bridgehead atoms. The van der Waals surface area contributed by atoms with Crippen molar-refractivity contribution < 1.29 is 17.5 Å². The maximum absolute atomic E-state index is 12.7. The van der Waals surface area contributed by atoms with Crippen LogP contribution in [0.1, 0.15) is 0 Å². The van der Waals surface area contributed by atoms with Crippen molar-refractivity contribution in [2.75, 3.05) is 13.2 Å². The molecule has 0 aromatic heterocycles. The highest BCUT2D eigenvalue weighted by molar-refractivity contribution is 7.93. The second-order valence-electron chi connectivity index (χ2n) is 3.56. The monoisotopic (exact) mass is 241 g/mol. The van der Waals surface area contributed by atoms with E-state index in [9.17, 15) is 12.8 Å². The summed E-state index contributed by atoms with van der Waals surface area (Å²) in [5, 5.41) is 8.90. The Balaban J connectivity index is 2.48. The molecular formula is C10H8FNO3S. The molecule has 84 valence electrons. The first-order valence-corrected chi connectivity index (χ1v) is 5.99. The molecule has 0 spiro atoms. The zero-order valence-electron chi connectivity index (χ0n) is 8.18. The molecule has 1 aliphatic heterocycles. The van der Waals surface area contributed by atoms with Crippen molar-refractivity contribution in [3.8, 4) is 6.07 Å². The smallest absolute Gasteiger partial charge is 0.208 e. The molecule has 1 heterocycles. The van der Waals surface area contributed by atoms with Crippen LogP contribution in [0.3, 0.4) is 0 Å². The highest BCUT2D eigenvalue weighted by Crippen LogP contribution is 2.32. The average molecular weight is 241 g/mol. The third-order valence-electron chi connectivity index (χ3n) is 2.51. The Morgan fingerprint density at radius 1 is 1.31 bits per heavy atom. The lowest BCUT2D eigenvalue weighted by atomic mass is 10.1. The first-order chi connectivity index (χ1) is 7.52. The molecular weight excluding hydrogens is 233 g/mol. The molecule has 0 aliphatic carbocycles. The van der Waals surface area contributed by atoms with Crippen LogP contribution >= 0.6 is 0 Å². The van der Waals surface area contributed by atoms with Crippen LogP contribution in [0.25, 0.3) is 0 Å². The van der Waals surface area contributed by atoms with E-state index in [2.05, 4.69) is 0 Å². The normalized spacial score (nSPS) is 18.5. The Hall–Kier alpha value is -1.45. The Labute approximate surface area is 92.2 Å². The van der Waals surface area contributed by atoms with Gasteiger partial charge in [0.2, 0.25) is 14.6 Å². The van der Waals surface area contributed by atoms with Gasteiger partial charge in [-0.05, 0) is 24.3 Å². The van der Waals surface area contributed by atoms with E-state index in [1.165, 1.54) is 0 Å². The van der Waals surface area contributed by atoms with Gasteiger partial charge in [0.25, 0.3) is 0 Å². The van der Waals surface area contributed by atoms with Crippen molar-refractivity contribution in [2.45, 2.75) is 9.64 Å². The summed E-state index contributed by atoms with van der Waals surface area (Å²) in [6.45, 7) is -0.271. The third kappa shape index (κ3) is 1.40. The minimum atomic E-state index is -3.78. The van der Waals surface area contributed by atoms with Gasteiger partial charge in [-0.1, -0.05) is 0 Å². The van der Waals surface area contributed by atoms with Gasteiger partial charge in [0.05, 0.1) is 24.2 Å². The van der Waals surface area contributed by atoms with Crippen LogP contribution in [0.15, 0.2) is 29.2 Å². The summed E-state index contributed by atoms with van der Waals surface area (Å²) in [4.78, 5) is -0.0567. The SMILES string of the molecule is N#CC1(S(=O)(=O)c2ccc(F)cc2)COC1. The third-order valence-corrected chi connectivity index (χ3v) is 4.76. The van der Waals surface area contributed by atoms with E-state index in [0.717, 1.165) is 24.3 Å². The molecule has 1 aromatic rings. The molecule has 0 unspecified atom stereocenters. The fourth-order valence-electron chi connectivity index (χ4n) is 1.41. The van der Waals surface area contributed by atoms with Gasteiger partial charge < -0.3 is 4.74 Å². The Morgan fingerprint density at radius 2 is 1.88 bits per heavy atom. The maximum Gasteiger partial charge on any atom is 0.208 e. The van der Waals surface area contributed by atoms with Gasteiger partial charge in [-0.2, -0.15) is 5.26 Å². The largest absolute Gasteiger partial charge is 0.376 e. The quantitative estimate of drug-likeness (QED) is 0.721. The number of benzene rings is 1. The summed E-state index contributed by atoms with van der Waals surface area (Å²) in [5.74, 6) is -0.519. The van der Waals surface area contributed by atoms with Gasteiger partial charge >= 0.3 is 0 Å². The molecule has 2 rings (SSSR count). The highest BCUT2D eigenvalue weighted by atomic mass is 32.2. The van der Waals surface area contributed by atoms with Crippen molar-refractivity contribution in [1.29, 1.82) is 5.26 Å². The van der Waals surface area contributed by atoms with Crippen molar-refractivity contribution in [2.24, 2.45) is 0 Å². The number of ether oxygens (including phenoxy) is 1. The number of nitrogens with zero attached hydrogens (tertiary/aromatic N) is 1. The summed E-state index contributed by atoms with van der Waals surface area (Å²) in [7, 11) is -3.78. The molecule has 1 fully saturated rings. The van der Waals surface area contributed by atoms with Crippen molar-refractivity contribution in [3.05, 3.63) is 30.1 Å². The predicted molar refractivity (Wildman–Crippen MR) is 52.7 cm³/mol. The number of sulfone groups is 1. The van der Waals surface area contributed by atoms with E-state index >= 15 is 0 Å². The molecule has 1 saturated heterocycles. The second kappa shape index (κ2) is 3.54. The van der Waals surface area contributed by atoms with Crippen molar-refractivity contribution >= 4 is 9.84 Å². The number of rotatable bonds is 2. The fraction of sp³-hybridized carbons (Fsp3) is 0.300. The highest BCUT2D eigenvalue weighted by Gasteiger charge is 2.52. The van der Waals surface area contributed by atoms with Crippen LogP contribution in [-0.4, -0.2) is 26.4 Å². The summed E-state index contributed by atoms with van der Waals surface area (Å²) >= 11 is 0. The fourth-order valence-corrected chi connectivity index (χ4v) is 2.95. The zero-order valence-corrected chi connectivity index (χ0v) is 9.00. The van der Waals surface area contributed by atoms with Crippen LogP contribution < -0.4 is 0 Å². The molecule has 1 aliphatic rings. The number of hydrogen-bond acceptors (Lipinski definition) is 4. The lowest BCUT2D eigenvalue weighted by Crippen LogP contribution is -2.54. The van der Waals surface area contributed by atoms with E-state index in [1.807, 2.05) is 0 Å². The Bertz CT molecular complexity index is 540. The van der Waals surface area contributed by atoms with Gasteiger partial charge in [0.15, 0.2) is 0 Å². The molecule has 4 nitrogen and oxygen atoms in total. The van der Waals surface area contributed by atoms with E-state index in [4.69, 9.17) is 10.00 Å². The standard InChI is InChI=1S/C10H8FNO3S/c11-8-1-3-9(4-2-8)16(13,14)10(5-12)6-15-7-10/h1-4H,6-7H2. The lowest BCUT2D eigenvalue weighted by molar-refractivity contribution is 0.0115. The van der Waals surface area contributed by atoms with Crippen LogP contribution in [0.4, 0.5) is 4.39 Å². The summed E-state index contributed by atoms with van der Waals surface area (Å²) in [6.07, 6.45) is 0. The molecule has 6 heteroatoms. The lowest BCUT2D eigenvalue weighted by Gasteiger charge is -2.34. The van der Waals surface area contributed by atoms with E-state index < -0.39 is 20.4 Å². The second-order valence-corrected chi connectivity index (χ2v) is 5.82. The van der Waals surface area contributed by atoms with Crippen LogP contribution in [-0.2, 0) is 14.6 Å². The van der Waals surface area contributed by atoms with E-state index in [1.54, 1.807) is 6.07 Å². The molecule has 0 atom stereocenters. The minimum Gasteiger partial charge on any atom is -0.376 e. The first kappa shape index (κ1) is 11.0. The summed E-state index contributed by atoms with van der Waals surface area (Å²) in [5.41, 5.74) is 0. The van der Waals surface area contributed by atoms with Gasteiger partial charge in [0.1, 0.15) is 5.82 Å². The Kier molecular flexibility index (Phi) is 2.45.